The molecule has 1 aliphatic carbocycles. The first-order valence-electron chi connectivity index (χ1n) is 7.58. The molecule has 1 saturated heterocycles. The van der Waals surface area contributed by atoms with Crippen molar-refractivity contribution in [2.24, 2.45) is 11.3 Å². The van der Waals surface area contributed by atoms with Gasteiger partial charge in [0.1, 0.15) is 5.78 Å². The van der Waals surface area contributed by atoms with E-state index in [4.69, 9.17) is 0 Å². The van der Waals surface area contributed by atoms with Gasteiger partial charge in [0.15, 0.2) is 0 Å². The molecular formula is C16H19N3O2. The van der Waals surface area contributed by atoms with Crippen LogP contribution in [0, 0.1) is 11.3 Å². The number of carbonyl (C=O) groups excluding carboxylic acids is 1. The molecule has 2 fully saturated rings. The van der Waals surface area contributed by atoms with Gasteiger partial charge in [-0.05, 0) is 48.9 Å². The highest BCUT2D eigenvalue weighted by molar-refractivity contribution is 5.85. The summed E-state index contributed by atoms with van der Waals surface area (Å²) < 4.78 is 0. The molecule has 1 aliphatic heterocycles. The first-order valence-corrected chi connectivity index (χ1v) is 7.58. The molecule has 3 N–H and O–H groups in total. The van der Waals surface area contributed by atoms with Crippen LogP contribution in [0.1, 0.15) is 24.8 Å². The summed E-state index contributed by atoms with van der Waals surface area (Å²) in [7, 11) is 0. The number of ketones is 1. The van der Waals surface area contributed by atoms with Crippen LogP contribution in [0.25, 0.3) is 11.0 Å². The monoisotopic (exact) mass is 285 g/mol. The Morgan fingerprint density at radius 1 is 1.19 bits per heavy atom. The van der Waals surface area contributed by atoms with Gasteiger partial charge in [-0.2, -0.15) is 0 Å². The number of aromatic amines is 2. The van der Waals surface area contributed by atoms with Crippen molar-refractivity contribution in [2.45, 2.75) is 25.7 Å². The lowest BCUT2D eigenvalue weighted by Crippen LogP contribution is -2.20. The average Bonchev–Trinajstić information content (AvgIpc) is 3.10. The molecular weight excluding hydrogens is 266 g/mol. The zero-order valence-corrected chi connectivity index (χ0v) is 11.9. The van der Waals surface area contributed by atoms with Crippen LogP contribution in [0.5, 0.6) is 0 Å². The summed E-state index contributed by atoms with van der Waals surface area (Å²) in [6.45, 7) is 2.02. The minimum atomic E-state index is -0.185. The van der Waals surface area contributed by atoms with Crippen molar-refractivity contribution < 1.29 is 4.79 Å². The molecule has 5 heteroatoms. The van der Waals surface area contributed by atoms with Crippen molar-refractivity contribution in [1.82, 2.24) is 15.3 Å². The lowest BCUT2D eigenvalue weighted by molar-refractivity contribution is -0.121. The number of fused-ring (bicyclic) bond motifs is 1. The van der Waals surface area contributed by atoms with E-state index in [1.54, 1.807) is 0 Å². The van der Waals surface area contributed by atoms with Gasteiger partial charge in [0.25, 0.3) is 0 Å². The van der Waals surface area contributed by atoms with Crippen LogP contribution in [0.4, 0.5) is 0 Å². The van der Waals surface area contributed by atoms with E-state index in [2.05, 4.69) is 15.3 Å². The van der Waals surface area contributed by atoms with Gasteiger partial charge in [-0.15, -0.1) is 0 Å². The molecule has 5 nitrogen and oxygen atoms in total. The molecule has 2 aliphatic rings. The zero-order chi connectivity index (χ0) is 14.4. The van der Waals surface area contributed by atoms with Crippen LogP contribution in [0.2, 0.25) is 0 Å². The van der Waals surface area contributed by atoms with E-state index in [1.807, 2.05) is 18.2 Å². The Hall–Kier alpha value is -1.88. The smallest absolute Gasteiger partial charge is 0.316 e. The van der Waals surface area contributed by atoms with E-state index in [9.17, 15) is 9.59 Å². The normalized spacial score (nSPS) is 29.0. The molecule has 0 radical (unpaired) electrons. The fourth-order valence-corrected chi connectivity index (χ4v) is 4.02. The molecule has 1 aromatic carbocycles. The fraction of sp³-hybridized carbons (Fsp3) is 0.500. The second-order valence-electron chi connectivity index (χ2n) is 6.63. The maximum absolute atomic E-state index is 12.3. The average molecular weight is 285 g/mol. The number of imidazole rings is 1. The lowest BCUT2D eigenvalue weighted by atomic mass is 9.84. The highest BCUT2D eigenvalue weighted by Crippen LogP contribution is 2.44. The minimum Gasteiger partial charge on any atom is -0.316 e. The second-order valence-corrected chi connectivity index (χ2v) is 6.63. The highest BCUT2D eigenvalue weighted by atomic mass is 16.1. The first-order chi connectivity index (χ1) is 10.1. The summed E-state index contributed by atoms with van der Waals surface area (Å²) in [6.07, 6.45) is 3.64. The number of benzene rings is 1. The van der Waals surface area contributed by atoms with Gasteiger partial charge in [0, 0.05) is 18.9 Å². The maximum atomic E-state index is 12.3. The van der Waals surface area contributed by atoms with Crippen molar-refractivity contribution in [2.75, 3.05) is 13.1 Å². The summed E-state index contributed by atoms with van der Waals surface area (Å²) in [5, 5.41) is 3.39. The zero-order valence-electron chi connectivity index (χ0n) is 11.9. The number of aromatic nitrogens is 2. The number of Topliss-reactive ketones (excluding diaryl/α,β-unsaturated/α-hetero) is 1. The SMILES string of the molecule is O=C1CC2(CCNC2)CC1Cc1ccc2[nH]c(=O)[nH]c2c1. The van der Waals surface area contributed by atoms with E-state index in [-0.39, 0.29) is 17.0 Å². The molecule has 1 saturated carbocycles. The third kappa shape index (κ3) is 2.21. The molecule has 2 unspecified atom stereocenters. The topological polar surface area (TPSA) is 77.8 Å². The van der Waals surface area contributed by atoms with E-state index in [0.29, 0.717) is 5.78 Å². The van der Waals surface area contributed by atoms with Gasteiger partial charge in [0.05, 0.1) is 11.0 Å². The van der Waals surface area contributed by atoms with Gasteiger partial charge in [-0.3, -0.25) is 4.79 Å². The van der Waals surface area contributed by atoms with Crippen LogP contribution in [0.15, 0.2) is 23.0 Å². The first kappa shape index (κ1) is 12.8. The quantitative estimate of drug-likeness (QED) is 0.779. The number of carbonyl (C=O) groups is 1. The van der Waals surface area contributed by atoms with Crippen LogP contribution in [0.3, 0.4) is 0 Å². The Kier molecular flexibility index (Phi) is 2.79. The molecule has 1 aromatic heterocycles. The van der Waals surface area contributed by atoms with Crippen LogP contribution in [-0.4, -0.2) is 28.8 Å². The summed E-state index contributed by atoms with van der Waals surface area (Å²) in [4.78, 5) is 29.1. The van der Waals surface area contributed by atoms with Crippen LogP contribution in [-0.2, 0) is 11.2 Å². The predicted molar refractivity (Wildman–Crippen MR) is 80.3 cm³/mol. The summed E-state index contributed by atoms with van der Waals surface area (Å²) >= 11 is 0. The molecule has 2 atom stereocenters. The second kappa shape index (κ2) is 4.56. The molecule has 2 aromatic rings. The van der Waals surface area contributed by atoms with Crippen LogP contribution >= 0.6 is 0 Å². The van der Waals surface area contributed by atoms with Crippen molar-refractivity contribution in [3.63, 3.8) is 0 Å². The predicted octanol–water partition coefficient (Wildman–Crippen LogP) is 1.36. The number of nitrogens with one attached hydrogen (secondary N) is 3. The Morgan fingerprint density at radius 3 is 2.86 bits per heavy atom. The van der Waals surface area contributed by atoms with Gasteiger partial charge in [-0.1, -0.05) is 6.07 Å². The van der Waals surface area contributed by atoms with Crippen molar-refractivity contribution in [3.8, 4) is 0 Å². The highest BCUT2D eigenvalue weighted by Gasteiger charge is 2.45. The van der Waals surface area contributed by atoms with Crippen LogP contribution < -0.4 is 11.0 Å². The lowest BCUT2D eigenvalue weighted by Gasteiger charge is -2.20. The Balaban J connectivity index is 1.56. The molecule has 21 heavy (non-hydrogen) atoms. The minimum absolute atomic E-state index is 0.132. The van der Waals surface area contributed by atoms with Gasteiger partial charge >= 0.3 is 5.69 Å². The number of H-pyrrole nitrogens is 2. The fourth-order valence-electron chi connectivity index (χ4n) is 4.02. The Morgan fingerprint density at radius 2 is 2.05 bits per heavy atom. The van der Waals surface area contributed by atoms with Crippen molar-refractivity contribution in [3.05, 3.63) is 34.2 Å². The molecule has 0 amide bonds. The van der Waals surface area contributed by atoms with Gasteiger partial charge < -0.3 is 15.3 Å². The number of rotatable bonds is 2. The summed E-state index contributed by atoms with van der Waals surface area (Å²) in [5.74, 6) is 0.536. The Labute approximate surface area is 122 Å². The maximum Gasteiger partial charge on any atom is 0.323 e. The van der Waals surface area contributed by atoms with E-state index in [1.165, 1.54) is 0 Å². The van der Waals surface area contributed by atoms with Crippen molar-refractivity contribution in [1.29, 1.82) is 0 Å². The van der Waals surface area contributed by atoms with E-state index in [0.717, 1.165) is 55.4 Å². The summed E-state index contributed by atoms with van der Waals surface area (Å²) in [6, 6.07) is 5.91. The Bertz CT molecular complexity index is 752. The van der Waals surface area contributed by atoms with E-state index >= 15 is 0 Å². The third-order valence-corrected chi connectivity index (χ3v) is 5.08. The van der Waals surface area contributed by atoms with E-state index < -0.39 is 0 Å². The van der Waals surface area contributed by atoms with Gasteiger partial charge in [-0.25, -0.2) is 4.79 Å². The molecule has 0 bridgehead atoms. The number of hydrogen-bond acceptors (Lipinski definition) is 3. The molecule has 110 valence electrons. The van der Waals surface area contributed by atoms with Gasteiger partial charge in [0.2, 0.25) is 0 Å². The standard InChI is InChI=1S/C16H19N3O2/c20-14-8-16(3-4-17-9-16)7-11(14)5-10-1-2-12-13(6-10)19-15(21)18-12/h1-2,6,11,17H,3-5,7-9H2,(H2,18,19,21). The summed E-state index contributed by atoms with van der Waals surface area (Å²) in [5.41, 5.74) is 2.79. The number of hydrogen-bond donors (Lipinski definition) is 3. The molecule has 2 heterocycles. The largest absolute Gasteiger partial charge is 0.323 e. The third-order valence-electron chi connectivity index (χ3n) is 5.08. The molecule has 1 spiro atoms. The molecule has 4 rings (SSSR count). The van der Waals surface area contributed by atoms with Crippen molar-refractivity contribution >= 4 is 16.8 Å².